The molecule has 0 aromatic heterocycles. The van der Waals surface area contributed by atoms with Gasteiger partial charge in [-0.2, -0.15) is 52.3 Å². The minimum Gasteiger partial charge on any atom is -0.507 e. The summed E-state index contributed by atoms with van der Waals surface area (Å²) in [5, 5.41) is 89.5. The fourth-order valence-corrected chi connectivity index (χ4v) is 13.2. The van der Waals surface area contributed by atoms with Gasteiger partial charge < -0.3 is 30.5 Å². The number of aryl methyl sites for hydroxylation is 1. The van der Waals surface area contributed by atoms with Crippen LogP contribution in [0.4, 0.5) is 68.2 Å². The highest BCUT2D eigenvalue weighted by Gasteiger charge is 2.29. The number of ether oxygens (including phenoxy) is 1. The van der Waals surface area contributed by atoms with Gasteiger partial charge in [-0.3, -0.25) is 22.8 Å². The maximum atomic E-state index is 13.5. The van der Waals surface area contributed by atoms with Crippen molar-refractivity contribution in [2.24, 2.45) is 51.1 Å². The zero-order valence-electron chi connectivity index (χ0n) is 54.9. The summed E-state index contributed by atoms with van der Waals surface area (Å²) in [4.78, 5) is -4.42. The van der Waals surface area contributed by atoms with Crippen molar-refractivity contribution in [3.8, 4) is 28.7 Å². The summed E-state index contributed by atoms with van der Waals surface area (Å²) in [5.74, 6) is -2.70. The van der Waals surface area contributed by atoms with Gasteiger partial charge in [-0.1, -0.05) is 43.3 Å². The van der Waals surface area contributed by atoms with Gasteiger partial charge >= 0.3 is 31.8 Å². The number of nitrogens with zero attached hydrogens (tertiary/aromatic N) is 10. The van der Waals surface area contributed by atoms with Gasteiger partial charge in [0.15, 0.2) is 17.2 Å². The Bertz CT molecular complexity index is 6660. The SMILES string of the molecule is CCCOc1cc(N=Nc2cc(S(=O)(=O)O)cc3cc(S(=O)(=O)O)cc(O)c23)c(C)cc1N=Nc1c(S(=O)(=O)O)cc2c(S(=O)(=O)O)c(N=Nc3c(Nc4ccccc4)ccc4c(O)c(N=Nc5ccc6c(O)c(N=Nc7ccccc7S(=O)(=O)O)ccc6c5)ccc34)ccc2c1O.O=S(=O)=O.O=S(=O)=O.O=S(=O)=O. The third kappa shape index (κ3) is 20.9. The van der Waals surface area contributed by atoms with Crippen molar-refractivity contribution in [2.75, 3.05) is 11.9 Å². The summed E-state index contributed by atoms with van der Waals surface area (Å²) in [7, 11) is -34.9. The Labute approximate surface area is 623 Å². The van der Waals surface area contributed by atoms with Gasteiger partial charge in [0.05, 0.1) is 44.5 Å². The lowest BCUT2D eigenvalue weighted by Crippen LogP contribution is -2.03. The zero-order chi connectivity index (χ0) is 81.1. The van der Waals surface area contributed by atoms with E-state index < -0.39 is 152 Å². The molecule has 11 aromatic rings. The average molecular weight is 1670 g/mol. The topological polar surface area (TPSA) is 651 Å². The van der Waals surface area contributed by atoms with E-state index in [0.29, 0.717) is 35.0 Å². The Kier molecular flexibility index (Phi) is 26.0. The second kappa shape index (κ2) is 34.3. The maximum absolute atomic E-state index is 13.5. The molecule has 572 valence electrons. The number of azo groups is 5. The van der Waals surface area contributed by atoms with E-state index >= 15 is 0 Å². The van der Waals surface area contributed by atoms with E-state index in [-0.39, 0.29) is 90.7 Å². The number of hydrogen-bond acceptors (Lipinski definition) is 35. The summed E-state index contributed by atoms with van der Waals surface area (Å²) in [6, 6.07) is 35.9. The number of rotatable bonds is 20. The van der Waals surface area contributed by atoms with Crippen LogP contribution in [0.3, 0.4) is 0 Å². The summed E-state index contributed by atoms with van der Waals surface area (Å²) in [5.41, 5.74) is -1.18. The van der Waals surface area contributed by atoms with Crippen molar-refractivity contribution in [1.29, 1.82) is 0 Å². The summed E-state index contributed by atoms with van der Waals surface area (Å²) < 4.78 is 258. The number of fused-ring (bicyclic) bond motifs is 4. The molecule has 0 unspecified atom stereocenters. The van der Waals surface area contributed by atoms with E-state index in [4.69, 9.17) is 42.6 Å². The molecular weight excluding hydrogens is 1620 g/mol. The van der Waals surface area contributed by atoms with Crippen LogP contribution in [0.1, 0.15) is 18.9 Å². The molecule has 0 aliphatic rings. The molecule has 0 heterocycles. The van der Waals surface area contributed by atoms with Crippen LogP contribution in [0.2, 0.25) is 0 Å². The Morgan fingerprint density at radius 1 is 0.382 bits per heavy atom. The Balaban J connectivity index is 0.00000118. The fraction of sp³-hybridized carbons (Fsp3) is 0.0645. The van der Waals surface area contributed by atoms with Gasteiger partial charge in [-0.25, -0.2) is 0 Å². The molecule has 0 bridgehead atoms. The predicted molar refractivity (Wildman–Crippen MR) is 385 cm³/mol. The zero-order valence-corrected chi connectivity index (χ0v) is 61.5. The van der Waals surface area contributed by atoms with Crippen molar-refractivity contribution in [1.82, 2.24) is 0 Å². The number of phenols is 4. The highest BCUT2D eigenvalue weighted by Crippen LogP contribution is 2.49. The molecule has 11 rings (SSSR count). The molecule has 0 spiro atoms. The van der Waals surface area contributed by atoms with E-state index in [2.05, 4.69) is 56.5 Å². The molecular formula is C62H47N11O29S8. The molecule has 0 radical (unpaired) electrons. The Hall–Kier alpha value is -12.3. The van der Waals surface area contributed by atoms with Crippen LogP contribution in [-0.2, 0) is 82.4 Å². The minimum atomic E-state index is -5.51. The van der Waals surface area contributed by atoms with Crippen LogP contribution < -0.4 is 10.1 Å². The number of para-hydroxylation sites is 1. The van der Waals surface area contributed by atoms with Crippen LogP contribution in [0.25, 0.3) is 43.1 Å². The highest BCUT2D eigenvalue weighted by molar-refractivity contribution is 7.87. The normalized spacial score (nSPS) is 12.1. The van der Waals surface area contributed by atoms with Crippen molar-refractivity contribution < 1.29 is 128 Å². The lowest BCUT2D eigenvalue weighted by molar-refractivity contribution is 0.318. The molecule has 11 aromatic carbocycles. The number of anilines is 2. The van der Waals surface area contributed by atoms with Crippen molar-refractivity contribution in [3.63, 3.8) is 0 Å². The van der Waals surface area contributed by atoms with Crippen LogP contribution in [0.5, 0.6) is 28.7 Å². The van der Waals surface area contributed by atoms with Gasteiger partial charge in [0.2, 0.25) is 0 Å². The molecule has 110 heavy (non-hydrogen) atoms. The predicted octanol–water partition coefficient (Wildman–Crippen LogP) is 13.3. The third-order valence-corrected chi connectivity index (χ3v) is 19.0. The monoisotopic (exact) mass is 1670 g/mol. The lowest BCUT2D eigenvalue weighted by Gasteiger charge is -2.14. The third-order valence-electron chi connectivity index (χ3n) is 14.6. The number of benzene rings is 11. The smallest absolute Gasteiger partial charge is 0.425 e. The van der Waals surface area contributed by atoms with Crippen LogP contribution in [0, 0.1) is 6.92 Å². The summed E-state index contributed by atoms with van der Waals surface area (Å²) in [6.45, 7) is 3.23. The molecule has 0 saturated carbocycles. The first-order chi connectivity index (χ1) is 51.5. The standard InChI is InChI=1S/C62H47N11O20S5.3O3S/c1-3-23-93-53-31-49(69-71-51-28-37(94(78,79)80)26-34-27-38(95(81,82)83)29-52(74)56(34)51)32(2)24-50(53)70-73-58-55(97(87,88)89)30-43-42(61(58)77)18-22-48(62(43)98(90,91)92)68-72-57-40-16-21-47(60(76)41(40)17-20-45(57)63-35-9-5-4-6-10-35)66-64-36-14-15-39-33(25-36)13-19-46(59(39)75)67-65-44-11-7-8-12-54(44)96(84,85)86;3*1-4(2)3/h4-22,24-31,63,74-77H,3,23H2,1-2H3,(H,78,79,80)(H,81,82,83)(H,84,85,86)(H,87,88,89)(H,90,91,92);;;. The lowest BCUT2D eigenvalue weighted by atomic mass is 10.0. The van der Waals surface area contributed by atoms with Gasteiger partial charge in [0.25, 0.3) is 50.6 Å². The largest absolute Gasteiger partial charge is 0.507 e. The maximum Gasteiger partial charge on any atom is 0.425 e. The second-order valence-corrected chi connectivity index (χ2v) is 30.0. The number of aromatic hydroxyl groups is 4. The quantitative estimate of drug-likeness (QED) is 0.0250. The van der Waals surface area contributed by atoms with Gasteiger partial charge in [0.1, 0.15) is 66.0 Å². The molecule has 0 atom stereocenters. The van der Waals surface area contributed by atoms with Gasteiger partial charge in [-0.05, 0) is 145 Å². The molecule has 0 saturated heterocycles. The van der Waals surface area contributed by atoms with Gasteiger partial charge in [0, 0.05) is 44.8 Å². The summed E-state index contributed by atoms with van der Waals surface area (Å²) >= 11 is 0. The average Bonchev–Trinajstić information content (AvgIpc) is 0.745. The Morgan fingerprint density at radius 3 is 1.48 bits per heavy atom. The van der Waals surface area contributed by atoms with Gasteiger partial charge in [-0.15, -0.1) is 78.8 Å². The summed E-state index contributed by atoms with van der Waals surface area (Å²) in [6.07, 6.45) is 0.403. The van der Waals surface area contributed by atoms with E-state index in [1.165, 1.54) is 79.7 Å². The van der Waals surface area contributed by atoms with E-state index in [1.807, 2.05) is 0 Å². The van der Waals surface area contributed by atoms with E-state index in [0.717, 1.165) is 36.4 Å². The molecule has 48 heteroatoms. The number of hydrogen-bond donors (Lipinski definition) is 10. The van der Waals surface area contributed by atoms with E-state index in [9.17, 15) is 85.3 Å². The fourth-order valence-electron chi connectivity index (χ4n) is 10.0. The van der Waals surface area contributed by atoms with Crippen molar-refractivity contribution >= 4 is 194 Å². The molecule has 40 nitrogen and oxygen atoms in total. The molecule has 0 fully saturated rings. The van der Waals surface area contributed by atoms with Crippen molar-refractivity contribution in [3.05, 3.63) is 169 Å². The molecule has 0 aliphatic carbocycles. The van der Waals surface area contributed by atoms with Crippen molar-refractivity contribution in [2.45, 2.75) is 44.7 Å². The highest BCUT2D eigenvalue weighted by atomic mass is 32.2. The second-order valence-electron chi connectivity index (χ2n) is 21.8. The number of phenolic OH excluding ortho intramolecular Hbond substituents is 4. The van der Waals surface area contributed by atoms with Crippen LogP contribution in [0.15, 0.2) is 239 Å². The molecule has 0 amide bonds. The Morgan fingerprint density at radius 2 is 0.873 bits per heavy atom. The van der Waals surface area contributed by atoms with E-state index in [1.54, 1.807) is 49.4 Å². The van der Waals surface area contributed by atoms with Crippen LogP contribution >= 0.6 is 0 Å². The van der Waals surface area contributed by atoms with Crippen LogP contribution in [-0.4, -0.2) is 130 Å². The minimum absolute atomic E-state index is 0.0137. The molecule has 10 N–H and O–H groups in total. The first-order valence-corrected chi connectivity index (χ1v) is 39.8. The first-order valence-electron chi connectivity index (χ1n) is 29.6. The number of nitrogens with one attached hydrogen (secondary N) is 1. The first kappa shape index (κ1) is 83.3. The molecule has 0 aliphatic heterocycles.